The number of benzene rings is 1. The van der Waals surface area contributed by atoms with Crippen molar-refractivity contribution in [1.82, 2.24) is 10.2 Å². The number of amides is 2. The molecule has 3 rings (SSSR count). The van der Waals surface area contributed by atoms with Gasteiger partial charge in [0.2, 0.25) is 5.91 Å². The number of carbonyl (C=O) groups is 4. The Morgan fingerprint density at radius 1 is 1.31 bits per heavy atom. The van der Waals surface area contributed by atoms with Gasteiger partial charge in [-0.05, 0) is 5.56 Å². The normalized spacial score (nSPS) is 19.5. The topological polar surface area (TPSA) is 156 Å². The molecule has 2 heterocycles. The minimum absolute atomic E-state index is 0.151. The Kier molecular flexibility index (Phi) is 9.23. The van der Waals surface area contributed by atoms with Crippen LogP contribution in [0.1, 0.15) is 12.5 Å². The molecular formula is C21H21N3O8S3. The number of esters is 1. The predicted octanol–water partition coefficient (Wildman–Crippen LogP) is 2.03. The molecule has 0 radical (unpaired) electrons. The van der Waals surface area contributed by atoms with Gasteiger partial charge in [-0.1, -0.05) is 30.3 Å². The molecule has 0 aliphatic carbocycles. The molecule has 2 atom stereocenters. The summed E-state index contributed by atoms with van der Waals surface area (Å²) in [6.07, 6.45) is 0.841. The molecule has 11 nitrogen and oxygen atoms in total. The summed E-state index contributed by atoms with van der Waals surface area (Å²) in [6, 6.07) is 8.45. The lowest BCUT2D eigenvalue weighted by Gasteiger charge is -2.49. The van der Waals surface area contributed by atoms with Gasteiger partial charge in [0.05, 0.1) is 10.7 Å². The highest BCUT2D eigenvalue weighted by atomic mass is 32.2. The lowest BCUT2D eigenvalue weighted by molar-refractivity contribution is -0.402. The van der Waals surface area contributed by atoms with Gasteiger partial charge in [0.15, 0.2) is 0 Å². The van der Waals surface area contributed by atoms with Crippen molar-refractivity contribution in [3.8, 4) is 0 Å². The molecule has 14 heteroatoms. The van der Waals surface area contributed by atoms with Gasteiger partial charge in [0.25, 0.3) is 12.1 Å². The van der Waals surface area contributed by atoms with Gasteiger partial charge in [-0.3, -0.25) is 29.4 Å². The second-order valence-corrected chi connectivity index (χ2v) is 10.7. The van der Waals surface area contributed by atoms with Gasteiger partial charge >= 0.3 is 11.9 Å². The zero-order chi connectivity index (χ0) is 25.5. The number of thioether (sulfide) groups is 3. The number of nitrogens with one attached hydrogen (secondary N) is 1. The Balaban J connectivity index is 1.57. The van der Waals surface area contributed by atoms with E-state index in [9.17, 15) is 34.4 Å². The van der Waals surface area contributed by atoms with Crippen LogP contribution in [0.2, 0.25) is 0 Å². The molecule has 2 aliphatic heterocycles. The Bertz CT molecular complexity index is 1090. The van der Waals surface area contributed by atoms with Gasteiger partial charge in [0, 0.05) is 24.0 Å². The zero-order valence-corrected chi connectivity index (χ0v) is 20.8. The number of carboxylic acids is 1. The molecule has 0 unspecified atom stereocenters. The molecule has 186 valence electrons. The number of ether oxygens (including phenoxy) is 1. The number of hydrogen-bond donors (Lipinski definition) is 2. The van der Waals surface area contributed by atoms with Crippen LogP contribution in [0.25, 0.3) is 0 Å². The van der Waals surface area contributed by atoms with Crippen molar-refractivity contribution < 1.29 is 33.9 Å². The number of β-lactam (4-membered cyclic amide) rings is 1. The third kappa shape index (κ3) is 7.02. The highest BCUT2D eigenvalue weighted by molar-refractivity contribution is 8.22. The van der Waals surface area contributed by atoms with Gasteiger partial charge in [-0.25, -0.2) is 4.79 Å². The lowest BCUT2D eigenvalue weighted by Crippen LogP contribution is -2.70. The third-order valence-electron chi connectivity index (χ3n) is 4.80. The summed E-state index contributed by atoms with van der Waals surface area (Å²) in [5.74, 6) is -2.43. The number of carboxylic acid groups (broad SMARTS) is 1. The van der Waals surface area contributed by atoms with Gasteiger partial charge < -0.3 is 15.2 Å². The number of rotatable bonds is 11. The van der Waals surface area contributed by atoms with Crippen molar-refractivity contribution in [3.05, 3.63) is 67.7 Å². The first-order valence-electron chi connectivity index (χ1n) is 10.1. The molecule has 0 aromatic heterocycles. The molecule has 2 aliphatic rings. The number of hydrogen-bond acceptors (Lipinski definition) is 10. The number of nitrogens with zero attached hydrogens (tertiary/aromatic N) is 2. The van der Waals surface area contributed by atoms with Crippen molar-refractivity contribution >= 4 is 59.0 Å². The third-order valence-corrected chi connectivity index (χ3v) is 8.51. The van der Waals surface area contributed by atoms with Crippen LogP contribution in [0.4, 0.5) is 0 Å². The molecule has 0 bridgehead atoms. The number of carbonyl (C=O) groups excluding carboxylic acids is 3. The van der Waals surface area contributed by atoms with Crippen LogP contribution >= 0.6 is 35.3 Å². The molecule has 35 heavy (non-hydrogen) atoms. The monoisotopic (exact) mass is 539 g/mol. The Morgan fingerprint density at radius 3 is 2.66 bits per heavy atom. The number of aliphatic carboxylic acids is 1. The molecule has 2 amide bonds. The van der Waals surface area contributed by atoms with Gasteiger partial charge in [-0.15, -0.1) is 35.3 Å². The van der Waals surface area contributed by atoms with E-state index in [4.69, 9.17) is 4.74 Å². The first-order chi connectivity index (χ1) is 16.7. The smallest absolute Gasteiger partial charge is 0.352 e. The maximum Gasteiger partial charge on any atom is 0.352 e. The second-order valence-electron chi connectivity index (χ2n) is 7.29. The van der Waals surface area contributed by atoms with E-state index in [1.807, 2.05) is 30.3 Å². The minimum atomic E-state index is -1.32. The number of fused-ring (bicyclic) bond motifs is 1. The molecular weight excluding hydrogens is 518 g/mol. The summed E-state index contributed by atoms with van der Waals surface area (Å²) in [4.78, 5) is 59.4. The standard InChI is InChI=1S/C21H21N3O8S3/c1-12(25)32-8-14-10-35-20-17(19(27)24(20)18(14)21(28)29)22-15(26)11-34-16(7-23(30)31)33-9-13-5-3-2-4-6-13/h2-7,17,20H,8-11H2,1H3,(H,22,26)(H,28,29)/t17-,20-/m1/s1. The van der Waals surface area contributed by atoms with E-state index in [1.165, 1.54) is 30.4 Å². The molecule has 1 aromatic carbocycles. The quantitative estimate of drug-likeness (QED) is 0.184. The Hall–Kier alpha value is -2.97. The summed E-state index contributed by atoms with van der Waals surface area (Å²) in [5, 5.41) is 22.5. The summed E-state index contributed by atoms with van der Waals surface area (Å²) < 4.78 is 5.23. The largest absolute Gasteiger partial charge is 0.477 e. The lowest BCUT2D eigenvalue weighted by atomic mass is 10.0. The highest BCUT2D eigenvalue weighted by Crippen LogP contribution is 2.40. The van der Waals surface area contributed by atoms with Crippen LogP contribution in [-0.4, -0.2) is 68.2 Å². The predicted molar refractivity (Wildman–Crippen MR) is 132 cm³/mol. The van der Waals surface area contributed by atoms with Crippen LogP contribution < -0.4 is 5.32 Å². The maximum atomic E-state index is 12.7. The van der Waals surface area contributed by atoms with Crippen molar-refractivity contribution in [2.75, 3.05) is 18.1 Å². The zero-order valence-electron chi connectivity index (χ0n) is 18.4. The van der Waals surface area contributed by atoms with Gasteiger partial charge in [-0.2, -0.15) is 0 Å². The fourth-order valence-corrected chi connectivity index (χ4v) is 6.46. The molecule has 0 saturated carbocycles. The molecule has 1 fully saturated rings. The van der Waals surface area contributed by atoms with E-state index in [0.717, 1.165) is 28.4 Å². The van der Waals surface area contributed by atoms with E-state index in [0.29, 0.717) is 15.6 Å². The molecule has 2 N–H and O–H groups in total. The Morgan fingerprint density at radius 2 is 2.03 bits per heavy atom. The summed E-state index contributed by atoms with van der Waals surface area (Å²) in [7, 11) is 0. The highest BCUT2D eigenvalue weighted by Gasteiger charge is 2.54. The summed E-state index contributed by atoms with van der Waals surface area (Å²) >= 11 is 3.47. The first-order valence-corrected chi connectivity index (χ1v) is 13.2. The fraction of sp³-hybridized carbons (Fsp3) is 0.333. The minimum Gasteiger partial charge on any atom is -0.477 e. The van der Waals surface area contributed by atoms with Crippen LogP contribution in [0.15, 0.2) is 52.0 Å². The second kappa shape index (κ2) is 12.1. The average Bonchev–Trinajstić information content (AvgIpc) is 2.82. The van der Waals surface area contributed by atoms with E-state index >= 15 is 0 Å². The van der Waals surface area contributed by atoms with Crippen molar-refractivity contribution in [3.63, 3.8) is 0 Å². The van der Waals surface area contributed by atoms with Crippen molar-refractivity contribution in [2.45, 2.75) is 24.1 Å². The molecule has 1 aromatic rings. The SMILES string of the molecule is CC(=O)OCC1=C(C(=O)O)N2C(=O)[C@@H](NC(=O)CSC(=C[N+](=O)[O-])SCc3ccccc3)[C@H]2SC1. The first kappa shape index (κ1) is 26.6. The Labute approximate surface area is 212 Å². The van der Waals surface area contributed by atoms with Crippen LogP contribution in [0, 0.1) is 10.1 Å². The average molecular weight is 540 g/mol. The molecule has 0 spiro atoms. The summed E-state index contributed by atoms with van der Waals surface area (Å²) in [6.45, 7) is 0.963. The van der Waals surface area contributed by atoms with E-state index in [-0.39, 0.29) is 23.8 Å². The van der Waals surface area contributed by atoms with E-state index < -0.39 is 40.1 Å². The van der Waals surface area contributed by atoms with Crippen molar-refractivity contribution in [2.24, 2.45) is 0 Å². The van der Waals surface area contributed by atoms with Crippen LogP contribution in [0.3, 0.4) is 0 Å². The summed E-state index contributed by atoms with van der Waals surface area (Å²) in [5.41, 5.74) is 1.03. The van der Waals surface area contributed by atoms with E-state index in [1.54, 1.807) is 0 Å². The van der Waals surface area contributed by atoms with Crippen LogP contribution in [0.5, 0.6) is 0 Å². The molecule has 1 saturated heterocycles. The van der Waals surface area contributed by atoms with Crippen LogP contribution in [-0.2, 0) is 29.7 Å². The van der Waals surface area contributed by atoms with E-state index in [2.05, 4.69) is 5.32 Å². The van der Waals surface area contributed by atoms with Gasteiger partial charge in [0.1, 0.15) is 28.0 Å². The fourth-order valence-electron chi connectivity index (χ4n) is 3.27. The number of nitro groups is 1. The maximum absolute atomic E-state index is 12.7. The van der Waals surface area contributed by atoms with Crippen molar-refractivity contribution in [1.29, 1.82) is 0 Å².